The second kappa shape index (κ2) is 13.6. The van der Waals surface area contributed by atoms with E-state index in [1.807, 2.05) is 18.2 Å². The van der Waals surface area contributed by atoms with Crippen LogP contribution in [0.3, 0.4) is 0 Å². The van der Waals surface area contributed by atoms with Crippen molar-refractivity contribution in [2.45, 2.75) is 75.5 Å². The lowest BCUT2D eigenvalue weighted by Crippen LogP contribution is -2.30. The van der Waals surface area contributed by atoms with Gasteiger partial charge in [-0.2, -0.15) is 0 Å². The van der Waals surface area contributed by atoms with Crippen LogP contribution in [0.2, 0.25) is 0 Å². The SMILES string of the molecule is CCCCCCCCC(=O)NS(=O)(=O)c1ccc(N2CCC(c3cccc(Cc4ccccc4)c3)C2)cc1. The fraction of sp³-hybridized carbons (Fsp3) is 0.406. The first-order chi connectivity index (χ1) is 18.4. The molecule has 4 rings (SSSR count). The summed E-state index contributed by atoms with van der Waals surface area (Å²) in [7, 11) is -3.85. The van der Waals surface area contributed by atoms with Crippen molar-refractivity contribution in [1.82, 2.24) is 4.72 Å². The fourth-order valence-electron chi connectivity index (χ4n) is 5.22. The van der Waals surface area contributed by atoms with Crippen molar-refractivity contribution < 1.29 is 13.2 Å². The molecule has 0 aromatic heterocycles. The Kier molecular flexibility index (Phi) is 9.99. The Bertz CT molecular complexity index is 1270. The molecular weight excluding hydrogens is 492 g/mol. The summed E-state index contributed by atoms with van der Waals surface area (Å²) in [5.41, 5.74) is 4.99. The third-order valence-corrected chi connectivity index (χ3v) is 8.77. The molecule has 1 atom stereocenters. The van der Waals surface area contributed by atoms with Gasteiger partial charge in [-0.15, -0.1) is 0 Å². The molecule has 3 aromatic carbocycles. The van der Waals surface area contributed by atoms with Gasteiger partial charge in [-0.05, 0) is 60.2 Å². The highest BCUT2D eigenvalue weighted by Gasteiger charge is 2.25. The summed E-state index contributed by atoms with van der Waals surface area (Å²) < 4.78 is 27.6. The third kappa shape index (κ3) is 7.94. The summed E-state index contributed by atoms with van der Waals surface area (Å²) in [6.07, 6.45) is 8.54. The molecule has 0 aliphatic carbocycles. The zero-order valence-corrected chi connectivity index (χ0v) is 23.3. The van der Waals surface area contributed by atoms with Crippen LogP contribution in [0.25, 0.3) is 0 Å². The summed E-state index contributed by atoms with van der Waals surface area (Å²) in [5, 5.41) is 0. The number of nitrogens with zero attached hydrogens (tertiary/aromatic N) is 1. The van der Waals surface area contributed by atoms with Crippen molar-refractivity contribution in [1.29, 1.82) is 0 Å². The molecule has 202 valence electrons. The highest BCUT2D eigenvalue weighted by Crippen LogP contribution is 2.32. The topological polar surface area (TPSA) is 66.5 Å². The van der Waals surface area contributed by atoms with Crippen LogP contribution in [0.5, 0.6) is 0 Å². The van der Waals surface area contributed by atoms with Gasteiger partial charge in [0.05, 0.1) is 4.90 Å². The van der Waals surface area contributed by atoms with E-state index in [0.717, 1.165) is 50.9 Å². The van der Waals surface area contributed by atoms with Crippen LogP contribution in [-0.2, 0) is 21.2 Å². The van der Waals surface area contributed by atoms with Gasteiger partial charge in [0.15, 0.2) is 0 Å². The lowest BCUT2D eigenvalue weighted by atomic mass is 9.94. The van der Waals surface area contributed by atoms with Gasteiger partial charge >= 0.3 is 0 Å². The monoisotopic (exact) mass is 532 g/mol. The van der Waals surface area contributed by atoms with Crippen LogP contribution in [0.1, 0.15) is 80.9 Å². The minimum Gasteiger partial charge on any atom is -0.371 e. The van der Waals surface area contributed by atoms with Crippen LogP contribution < -0.4 is 9.62 Å². The molecule has 1 aliphatic rings. The van der Waals surface area contributed by atoms with Crippen molar-refractivity contribution in [3.63, 3.8) is 0 Å². The van der Waals surface area contributed by atoms with Gasteiger partial charge < -0.3 is 4.90 Å². The van der Waals surface area contributed by atoms with E-state index in [4.69, 9.17) is 0 Å². The van der Waals surface area contributed by atoms with Gasteiger partial charge in [0, 0.05) is 31.1 Å². The van der Waals surface area contributed by atoms with E-state index < -0.39 is 15.9 Å². The summed E-state index contributed by atoms with van der Waals surface area (Å²) >= 11 is 0. The number of carbonyl (C=O) groups excluding carboxylic acids is 1. The predicted molar refractivity (Wildman–Crippen MR) is 155 cm³/mol. The lowest BCUT2D eigenvalue weighted by Gasteiger charge is -2.19. The number of anilines is 1. The Morgan fingerprint density at radius 2 is 1.58 bits per heavy atom. The van der Waals surface area contributed by atoms with Gasteiger partial charge in [-0.25, -0.2) is 13.1 Å². The molecular formula is C32H40N2O3S. The Morgan fingerprint density at radius 3 is 2.34 bits per heavy atom. The maximum atomic E-state index is 12.7. The average molecular weight is 533 g/mol. The lowest BCUT2D eigenvalue weighted by molar-refractivity contribution is -0.119. The van der Waals surface area contributed by atoms with E-state index in [0.29, 0.717) is 5.92 Å². The zero-order valence-electron chi connectivity index (χ0n) is 22.4. The van der Waals surface area contributed by atoms with Crippen LogP contribution in [0, 0.1) is 0 Å². The van der Waals surface area contributed by atoms with Crippen LogP contribution in [0.4, 0.5) is 5.69 Å². The summed E-state index contributed by atoms with van der Waals surface area (Å²) in [4.78, 5) is 14.6. The van der Waals surface area contributed by atoms with Gasteiger partial charge in [-0.1, -0.05) is 93.6 Å². The molecule has 3 aromatic rings. The molecule has 5 nitrogen and oxygen atoms in total. The Hall–Kier alpha value is -3.12. The van der Waals surface area contributed by atoms with Crippen molar-refractivity contribution >= 4 is 21.6 Å². The molecule has 1 N–H and O–H groups in total. The highest BCUT2D eigenvalue weighted by molar-refractivity contribution is 7.90. The largest absolute Gasteiger partial charge is 0.371 e. The number of hydrogen-bond donors (Lipinski definition) is 1. The normalized spacial score (nSPS) is 15.5. The minimum atomic E-state index is -3.85. The Balaban J connectivity index is 1.30. The van der Waals surface area contributed by atoms with Gasteiger partial charge in [0.25, 0.3) is 10.0 Å². The van der Waals surface area contributed by atoms with Crippen molar-refractivity contribution in [2.75, 3.05) is 18.0 Å². The van der Waals surface area contributed by atoms with Gasteiger partial charge in [0.2, 0.25) is 5.91 Å². The molecule has 1 unspecified atom stereocenters. The minimum absolute atomic E-state index is 0.127. The van der Waals surface area contributed by atoms with Gasteiger partial charge in [0.1, 0.15) is 0 Å². The third-order valence-electron chi connectivity index (χ3n) is 7.38. The highest BCUT2D eigenvalue weighted by atomic mass is 32.2. The Morgan fingerprint density at radius 1 is 0.868 bits per heavy atom. The van der Waals surface area contributed by atoms with E-state index in [1.165, 1.54) is 36.0 Å². The number of unbranched alkanes of at least 4 members (excludes halogenated alkanes) is 5. The first kappa shape index (κ1) is 27.9. The first-order valence-corrected chi connectivity index (χ1v) is 15.5. The van der Waals surface area contributed by atoms with Crippen LogP contribution >= 0.6 is 0 Å². The quantitative estimate of drug-likeness (QED) is 0.245. The number of carbonyl (C=O) groups is 1. The van der Waals surface area contributed by atoms with Crippen LogP contribution in [-0.4, -0.2) is 27.4 Å². The van der Waals surface area contributed by atoms with Gasteiger partial charge in [-0.3, -0.25) is 4.79 Å². The number of rotatable bonds is 13. The summed E-state index contributed by atoms with van der Waals surface area (Å²) in [5.74, 6) is 0.0110. The Labute approximate surface area is 228 Å². The number of hydrogen-bond acceptors (Lipinski definition) is 4. The zero-order chi connectivity index (χ0) is 26.8. The van der Waals surface area contributed by atoms with Crippen molar-refractivity contribution in [2.24, 2.45) is 0 Å². The maximum absolute atomic E-state index is 12.7. The average Bonchev–Trinajstić information content (AvgIpc) is 3.42. The fourth-order valence-corrected chi connectivity index (χ4v) is 6.23. The van der Waals surface area contributed by atoms with E-state index >= 15 is 0 Å². The molecule has 1 saturated heterocycles. The predicted octanol–water partition coefficient (Wildman–Crippen LogP) is 6.83. The van der Waals surface area contributed by atoms with E-state index in [2.05, 4.69) is 65.1 Å². The second-order valence-corrected chi connectivity index (χ2v) is 12.1. The van der Waals surface area contributed by atoms with Crippen molar-refractivity contribution in [3.8, 4) is 0 Å². The number of amides is 1. The van der Waals surface area contributed by atoms with Crippen molar-refractivity contribution in [3.05, 3.63) is 95.6 Å². The molecule has 0 spiro atoms. The molecule has 0 saturated carbocycles. The molecule has 1 fully saturated rings. The summed E-state index contributed by atoms with van der Waals surface area (Å²) in [6, 6.07) is 26.3. The number of nitrogens with one attached hydrogen (secondary N) is 1. The number of benzene rings is 3. The standard InChI is InChI=1S/C32H40N2O3S/c1-2-3-4-5-6-10-16-32(35)33-38(36,37)31-19-17-30(18-20-31)34-22-21-29(25-34)28-15-11-14-27(24-28)23-26-12-8-7-9-13-26/h7-9,11-15,17-20,24,29H,2-6,10,16,21-23,25H2,1H3,(H,33,35). The molecule has 1 heterocycles. The van der Waals surface area contributed by atoms with Crippen LogP contribution in [0.15, 0.2) is 83.8 Å². The van der Waals surface area contributed by atoms with E-state index in [9.17, 15) is 13.2 Å². The number of sulfonamides is 1. The molecule has 1 amide bonds. The molecule has 0 radical (unpaired) electrons. The molecule has 1 aliphatic heterocycles. The molecule has 0 bridgehead atoms. The smallest absolute Gasteiger partial charge is 0.264 e. The molecule has 38 heavy (non-hydrogen) atoms. The second-order valence-electron chi connectivity index (χ2n) is 10.4. The first-order valence-electron chi connectivity index (χ1n) is 14.0. The van der Waals surface area contributed by atoms with E-state index in [1.54, 1.807) is 12.1 Å². The summed E-state index contributed by atoms with van der Waals surface area (Å²) in [6.45, 7) is 3.99. The van der Waals surface area contributed by atoms with E-state index in [-0.39, 0.29) is 11.3 Å². The maximum Gasteiger partial charge on any atom is 0.264 e. The molecule has 6 heteroatoms.